The lowest BCUT2D eigenvalue weighted by atomic mass is 10.1. The van der Waals surface area contributed by atoms with Crippen molar-refractivity contribution in [2.45, 2.75) is 12.8 Å². The fraction of sp³-hybridized carbons (Fsp3) is 0.471. The summed E-state index contributed by atoms with van der Waals surface area (Å²) in [4.78, 5) is 4.40. The fourth-order valence-electron chi connectivity index (χ4n) is 2.64. The van der Waals surface area contributed by atoms with Crippen LogP contribution in [0.3, 0.4) is 0 Å². The van der Waals surface area contributed by atoms with E-state index in [0.29, 0.717) is 5.92 Å². The average Bonchev–Trinajstić information content (AvgIpc) is 3.03. The SMILES string of the molecule is Brc1ccc2c(NCCCOCC3CCOC3)ccnc2c1. The second-order valence-corrected chi connectivity index (χ2v) is 6.52. The molecular weight excluding hydrogens is 344 g/mol. The van der Waals surface area contributed by atoms with E-state index in [2.05, 4.69) is 32.3 Å². The molecule has 1 saturated heterocycles. The average molecular weight is 365 g/mol. The van der Waals surface area contributed by atoms with E-state index in [0.717, 1.165) is 66.9 Å². The molecule has 0 bridgehead atoms. The second kappa shape index (κ2) is 7.90. The van der Waals surface area contributed by atoms with Gasteiger partial charge in [-0.25, -0.2) is 0 Å². The van der Waals surface area contributed by atoms with Crippen LogP contribution in [0, 0.1) is 5.92 Å². The van der Waals surface area contributed by atoms with Gasteiger partial charge in [-0.1, -0.05) is 15.9 Å². The molecule has 1 aromatic heterocycles. The highest BCUT2D eigenvalue weighted by molar-refractivity contribution is 9.10. The van der Waals surface area contributed by atoms with Crippen LogP contribution in [0.15, 0.2) is 34.9 Å². The number of hydrogen-bond donors (Lipinski definition) is 1. The number of hydrogen-bond acceptors (Lipinski definition) is 4. The van der Waals surface area contributed by atoms with Crippen molar-refractivity contribution >= 4 is 32.5 Å². The minimum absolute atomic E-state index is 0.593. The maximum Gasteiger partial charge on any atom is 0.0733 e. The number of pyridine rings is 1. The van der Waals surface area contributed by atoms with Crippen molar-refractivity contribution in [3.05, 3.63) is 34.9 Å². The van der Waals surface area contributed by atoms with Gasteiger partial charge in [0.25, 0.3) is 0 Å². The first-order valence-corrected chi connectivity index (χ1v) is 8.56. The largest absolute Gasteiger partial charge is 0.384 e. The quantitative estimate of drug-likeness (QED) is 0.757. The van der Waals surface area contributed by atoms with Crippen LogP contribution < -0.4 is 5.32 Å². The monoisotopic (exact) mass is 364 g/mol. The molecule has 1 aliphatic heterocycles. The Labute approximate surface area is 139 Å². The maximum atomic E-state index is 5.72. The Kier molecular flexibility index (Phi) is 5.64. The summed E-state index contributed by atoms with van der Waals surface area (Å²) in [7, 11) is 0. The van der Waals surface area contributed by atoms with Gasteiger partial charge in [0.15, 0.2) is 0 Å². The van der Waals surface area contributed by atoms with Crippen molar-refractivity contribution in [2.24, 2.45) is 5.92 Å². The number of rotatable bonds is 7. The summed E-state index contributed by atoms with van der Waals surface area (Å²) >= 11 is 3.48. The van der Waals surface area contributed by atoms with Crippen molar-refractivity contribution in [1.82, 2.24) is 4.98 Å². The molecule has 118 valence electrons. The smallest absolute Gasteiger partial charge is 0.0733 e. The van der Waals surface area contributed by atoms with Gasteiger partial charge in [-0.3, -0.25) is 4.98 Å². The summed E-state index contributed by atoms with van der Waals surface area (Å²) in [5, 5.41) is 4.62. The summed E-state index contributed by atoms with van der Waals surface area (Å²) in [5.74, 6) is 0.593. The van der Waals surface area contributed by atoms with E-state index < -0.39 is 0 Å². The van der Waals surface area contributed by atoms with Gasteiger partial charge >= 0.3 is 0 Å². The molecule has 1 aromatic carbocycles. The van der Waals surface area contributed by atoms with Crippen LogP contribution in [0.5, 0.6) is 0 Å². The third kappa shape index (κ3) is 4.18. The Morgan fingerprint density at radius 1 is 1.36 bits per heavy atom. The molecule has 1 unspecified atom stereocenters. The molecule has 3 rings (SSSR count). The Balaban J connectivity index is 1.43. The van der Waals surface area contributed by atoms with Crippen molar-refractivity contribution in [3.8, 4) is 0 Å². The Morgan fingerprint density at radius 3 is 3.18 bits per heavy atom. The molecule has 1 fully saturated rings. The van der Waals surface area contributed by atoms with E-state index in [1.807, 2.05) is 24.4 Å². The third-order valence-electron chi connectivity index (χ3n) is 3.86. The Bertz CT molecular complexity index is 615. The van der Waals surface area contributed by atoms with Crippen LogP contribution in [0.2, 0.25) is 0 Å². The molecule has 1 N–H and O–H groups in total. The number of halogens is 1. The molecule has 4 nitrogen and oxygen atoms in total. The van der Waals surface area contributed by atoms with Gasteiger partial charge in [0.05, 0.1) is 18.7 Å². The second-order valence-electron chi connectivity index (χ2n) is 5.60. The molecule has 0 radical (unpaired) electrons. The zero-order chi connectivity index (χ0) is 15.2. The van der Waals surface area contributed by atoms with Gasteiger partial charge in [-0.05, 0) is 37.1 Å². The summed E-state index contributed by atoms with van der Waals surface area (Å²) in [6.07, 6.45) is 3.97. The first-order chi connectivity index (χ1) is 10.8. The van der Waals surface area contributed by atoms with E-state index in [-0.39, 0.29) is 0 Å². The number of anilines is 1. The number of nitrogens with zero attached hydrogens (tertiary/aromatic N) is 1. The van der Waals surface area contributed by atoms with E-state index in [1.165, 1.54) is 0 Å². The molecule has 5 heteroatoms. The summed E-state index contributed by atoms with van der Waals surface area (Å²) in [6.45, 7) is 4.26. The maximum absolute atomic E-state index is 5.72. The zero-order valence-electron chi connectivity index (χ0n) is 12.6. The normalized spacial score (nSPS) is 18.0. The number of ether oxygens (including phenoxy) is 2. The lowest BCUT2D eigenvalue weighted by Crippen LogP contribution is -2.12. The minimum Gasteiger partial charge on any atom is -0.384 e. The fourth-order valence-corrected chi connectivity index (χ4v) is 2.99. The summed E-state index contributed by atoms with van der Waals surface area (Å²) in [6, 6.07) is 8.19. The summed E-state index contributed by atoms with van der Waals surface area (Å²) in [5.41, 5.74) is 2.12. The highest BCUT2D eigenvalue weighted by atomic mass is 79.9. The molecule has 0 spiro atoms. The van der Waals surface area contributed by atoms with Crippen molar-refractivity contribution in [1.29, 1.82) is 0 Å². The van der Waals surface area contributed by atoms with Crippen LogP contribution in [-0.4, -0.2) is 38.0 Å². The lowest BCUT2D eigenvalue weighted by molar-refractivity contribution is 0.0897. The molecule has 2 heterocycles. The van der Waals surface area contributed by atoms with Crippen LogP contribution in [0.1, 0.15) is 12.8 Å². The van der Waals surface area contributed by atoms with Crippen molar-refractivity contribution in [3.63, 3.8) is 0 Å². The molecule has 0 amide bonds. The number of aromatic nitrogens is 1. The molecular formula is C17H21BrN2O2. The number of fused-ring (bicyclic) bond motifs is 1. The Morgan fingerprint density at radius 2 is 2.32 bits per heavy atom. The topological polar surface area (TPSA) is 43.4 Å². The van der Waals surface area contributed by atoms with Gasteiger partial charge in [0, 0.05) is 47.4 Å². The number of nitrogens with one attached hydrogen (secondary N) is 1. The van der Waals surface area contributed by atoms with Crippen molar-refractivity contribution in [2.75, 3.05) is 38.3 Å². The molecule has 2 aromatic rings. The highest BCUT2D eigenvalue weighted by Crippen LogP contribution is 2.24. The van der Waals surface area contributed by atoms with Crippen LogP contribution in [0.25, 0.3) is 10.9 Å². The van der Waals surface area contributed by atoms with E-state index >= 15 is 0 Å². The predicted molar refractivity (Wildman–Crippen MR) is 92.3 cm³/mol. The highest BCUT2D eigenvalue weighted by Gasteiger charge is 2.15. The van der Waals surface area contributed by atoms with E-state index in [9.17, 15) is 0 Å². The third-order valence-corrected chi connectivity index (χ3v) is 4.36. The standard InChI is InChI=1S/C17H21BrN2O2/c18-14-2-3-15-16(4-7-20-17(15)10-14)19-6-1-8-21-11-13-5-9-22-12-13/h2-4,7,10,13H,1,5-6,8-9,11-12H2,(H,19,20). The van der Waals surface area contributed by atoms with Gasteiger partial charge in [-0.2, -0.15) is 0 Å². The van der Waals surface area contributed by atoms with Crippen LogP contribution in [0.4, 0.5) is 5.69 Å². The Hall–Kier alpha value is -1.17. The zero-order valence-corrected chi connectivity index (χ0v) is 14.1. The van der Waals surface area contributed by atoms with Gasteiger partial charge in [0.1, 0.15) is 0 Å². The first kappa shape index (κ1) is 15.7. The van der Waals surface area contributed by atoms with Gasteiger partial charge in [0.2, 0.25) is 0 Å². The first-order valence-electron chi connectivity index (χ1n) is 7.76. The predicted octanol–water partition coefficient (Wildman–Crippen LogP) is 3.85. The van der Waals surface area contributed by atoms with Gasteiger partial charge in [-0.15, -0.1) is 0 Å². The minimum atomic E-state index is 0.593. The van der Waals surface area contributed by atoms with Crippen molar-refractivity contribution < 1.29 is 9.47 Å². The number of benzene rings is 1. The molecule has 1 aliphatic rings. The molecule has 22 heavy (non-hydrogen) atoms. The van der Waals surface area contributed by atoms with Crippen LogP contribution in [-0.2, 0) is 9.47 Å². The molecule has 0 saturated carbocycles. The van der Waals surface area contributed by atoms with Gasteiger partial charge < -0.3 is 14.8 Å². The van der Waals surface area contributed by atoms with E-state index in [1.54, 1.807) is 0 Å². The van der Waals surface area contributed by atoms with E-state index in [4.69, 9.17) is 9.47 Å². The lowest BCUT2D eigenvalue weighted by Gasteiger charge is -2.11. The summed E-state index contributed by atoms with van der Waals surface area (Å²) < 4.78 is 12.1. The molecule has 1 atom stereocenters. The van der Waals surface area contributed by atoms with Crippen LogP contribution >= 0.6 is 15.9 Å². The molecule has 0 aliphatic carbocycles.